The van der Waals surface area contributed by atoms with Crippen LogP contribution in [-0.2, 0) is 18.4 Å². The van der Waals surface area contributed by atoms with Gasteiger partial charge in [0, 0.05) is 6.42 Å². The summed E-state index contributed by atoms with van der Waals surface area (Å²) in [4.78, 5) is 23.3. The third-order valence-electron chi connectivity index (χ3n) is 12.0. The molecule has 8 nitrogen and oxygen atoms in total. The summed E-state index contributed by atoms with van der Waals surface area (Å²) in [5.74, 6) is -0.205. The van der Waals surface area contributed by atoms with Crippen molar-refractivity contribution < 1.29 is 32.9 Å². The molecule has 0 aromatic heterocycles. The minimum absolute atomic E-state index is 0.0578. The van der Waals surface area contributed by atoms with Crippen molar-refractivity contribution in [2.24, 2.45) is 0 Å². The number of likely N-dealkylation sites (N-methyl/N-ethyl adjacent to an activating group) is 1. The first kappa shape index (κ1) is 67.2. The Morgan fingerprint density at radius 1 is 0.500 bits per heavy atom. The van der Waals surface area contributed by atoms with E-state index in [1.807, 2.05) is 21.1 Å². The summed E-state index contributed by atoms with van der Waals surface area (Å²) in [7, 11) is 1.56. The number of phosphoric acid groups is 1. The maximum absolute atomic E-state index is 13.0. The lowest BCUT2D eigenvalue weighted by Crippen LogP contribution is -2.46. The van der Waals surface area contributed by atoms with Crippen LogP contribution in [0.1, 0.15) is 219 Å². The second-order valence-corrected chi connectivity index (χ2v) is 21.4. The van der Waals surface area contributed by atoms with E-state index in [9.17, 15) is 19.4 Å². The van der Waals surface area contributed by atoms with Gasteiger partial charge in [-0.3, -0.25) is 13.8 Å². The van der Waals surface area contributed by atoms with Gasteiger partial charge in [0.25, 0.3) is 0 Å². The van der Waals surface area contributed by atoms with Gasteiger partial charge in [0.05, 0.1) is 39.9 Å². The highest BCUT2D eigenvalue weighted by atomic mass is 31.2. The summed E-state index contributed by atoms with van der Waals surface area (Å²) < 4.78 is 23.7. The van der Waals surface area contributed by atoms with Crippen molar-refractivity contribution >= 4 is 13.7 Å². The Morgan fingerprint density at radius 3 is 1.20 bits per heavy atom. The number of unbranched alkanes of at least 4 members (excludes halogenated alkanes) is 19. The molecule has 0 bridgehead atoms. The molecule has 0 fully saturated rings. The number of amides is 1. The Balaban J connectivity index is 4.35. The lowest BCUT2D eigenvalue weighted by atomic mass is 10.0. The van der Waals surface area contributed by atoms with Crippen molar-refractivity contribution in [3.63, 3.8) is 0 Å². The molecule has 70 heavy (non-hydrogen) atoms. The van der Waals surface area contributed by atoms with Crippen molar-refractivity contribution in [3.05, 3.63) is 109 Å². The molecule has 3 N–H and O–H groups in total. The average Bonchev–Trinajstić information content (AvgIpc) is 3.32. The van der Waals surface area contributed by atoms with Gasteiger partial charge in [-0.25, -0.2) is 4.57 Å². The van der Waals surface area contributed by atoms with E-state index in [0.717, 1.165) is 83.5 Å². The van der Waals surface area contributed by atoms with E-state index in [4.69, 9.17) is 9.05 Å². The first-order chi connectivity index (χ1) is 34.0. The van der Waals surface area contributed by atoms with Gasteiger partial charge in [-0.05, 0) is 77.0 Å². The molecule has 0 aliphatic carbocycles. The van der Waals surface area contributed by atoms with Gasteiger partial charge in [-0.15, -0.1) is 0 Å². The normalized spacial score (nSPS) is 14.8. The standard InChI is InChI=1S/C61H107N2O6P/c1-6-8-10-12-14-16-18-20-22-24-26-27-28-29-30-31-32-33-34-35-37-39-41-43-45-47-49-51-53-55-61(65)62-59(58-69-70(66,67)68-57-56-63(3,4)5)60(64)54-52-50-48-46-44-42-40-38-36-25-23-21-19-17-15-13-11-9-7-2/h8,10,14,16,20,22,26-27,29-30,32-33,35,37,41,43,47,49,59-60,64H,6-7,9,11-13,15,17-19,21,23-25,28,31,34,36,38-40,42,44-46,48,50-58H2,1-5H3,(H-,62,65,66,67)/p+1/b10-8-,16-14-,22-20-,27-26-,30-29-,33-32-,37-35-,43-41-,49-47-. The van der Waals surface area contributed by atoms with Crippen LogP contribution in [0.5, 0.6) is 0 Å². The number of nitrogens with zero attached hydrogens (tertiary/aromatic N) is 1. The van der Waals surface area contributed by atoms with Crippen molar-refractivity contribution in [3.8, 4) is 0 Å². The van der Waals surface area contributed by atoms with E-state index in [-0.39, 0.29) is 19.1 Å². The number of nitrogens with one attached hydrogen (secondary N) is 1. The van der Waals surface area contributed by atoms with E-state index < -0.39 is 20.0 Å². The lowest BCUT2D eigenvalue weighted by Gasteiger charge is -2.26. The Morgan fingerprint density at radius 2 is 0.843 bits per heavy atom. The van der Waals surface area contributed by atoms with Crippen LogP contribution >= 0.6 is 7.82 Å². The van der Waals surface area contributed by atoms with Crippen molar-refractivity contribution in [1.29, 1.82) is 0 Å². The Kier molecular flexibility index (Phi) is 49.0. The first-order valence-corrected chi connectivity index (χ1v) is 29.7. The van der Waals surface area contributed by atoms with Gasteiger partial charge in [-0.1, -0.05) is 245 Å². The molecule has 0 radical (unpaired) electrons. The second kappa shape index (κ2) is 51.1. The summed E-state index contributed by atoms with van der Waals surface area (Å²) in [6.07, 6.45) is 74.3. The van der Waals surface area contributed by atoms with Crippen molar-refractivity contribution in [1.82, 2.24) is 5.32 Å². The fourth-order valence-electron chi connectivity index (χ4n) is 7.64. The maximum Gasteiger partial charge on any atom is 0.472 e. The van der Waals surface area contributed by atoms with Crippen LogP contribution in [0.15, 0.2) is 109 Å². The molecular weight excluding hydrogens is 888 g/mol. The molecule has 0 heterocycles. The number of rotatable bonds is 50. The number of aliphatic hydroxyl groups is 1. The molecule has 0 spiro atoms. The molecule has 0 saturated heterocycles. The van der Waals surface area contributed by atoms with Crippen molar-refractivity contribution in [2.75, 3.05) is 40.9 Å². The average molecular weight is 997 g/mol. The quantitative estimate of drug-likeness (QED) is 0.0243. The summed E-state index contributed by atoms with van der Waals surface area (Å²) in [5, 5.41) is 14.0. The Hall–Kier alpha value is -2.84. The molecule has 402 valence electrons. The smallest absolute Gasteiger partial charge is 0.391 e. The highest BCUT2D eigenvalue weighted by molar-refractivity contribution is 7.47. The van der Waals surface area contributed by atoms with E-state index in [1.54, 1.807) is 0 Å². The minimum Gasteiger partial charge on any atom is -0.391 e. The summed E-state index contributed by atoms with van der Waals surface area (Å²) in [5.41, 5.74) is 0. The number of quaternary nitrogens is 1. The maximum atomic E-state index is 13.0. The van der Waals surface area contributed by atoms with Gasteiger partial charge in [0.1, 0.15) is 13.2 Å². The number of allylic oxidation sites excluding steroid dienone is 18. The highest BCUT2D eigenvalue weighted by Gasteiger charge is 2.28. The van der Waals surface area contributed by atoms with Crippen LogP contribution in [-0.4, -0.2) is 73.4 Å². The SMILES string of the molecule is CC/C=C\C/C=C\C/C=C\C/C=C\C/C=C\C/C=C\C/C=C\C/C=C\C/C=C\CCCC(=O)NC(COP(=O)(O)OCC[N+](C)(C)C)C(O)CCCCCCCCCCCCCCCCCCCCC. The predicted octanol–water partition coefficient (Wildman–Crippen LogP) is 17.2. The zero-order chi connectivity index (χ0) is 51.3. The Labute approximate surface area is 431 Å². The molecule has 0 saturated carbocycles. The van der Waals surface area contributed by atoms with Crippen LogP contribution < -0.4 is 5.32 Å². The number of hydrogen-bond acceptors (Lipinski definition) is 5. The molecule has 3 unspecified atom stereocenters. The van der Waals surface area contributed by atoms with Crippen molar-refractivity contribution in [2.45, 2.75) is 231 Å². The molecule has 1 amide bonds. The van der Waals surface area contributed by atoms with Crippen LogP contribution in [0.3, 0.4) is 0 Å². The fourth-order valence-corrected chi connectivity index (χ4v) is 8.37. The van der Waals surface area contributed by atoms with E-state index in [2.05, 4.69) is 129 Å². The molecule has 9 heteroatoms. The topological polar surface area (TPSA) is 105 Å². The monoisotopic (exact) mass is 996 g/mol. The van der Waals surface area contributed by atoms with E-state index in [0.29, 0.717) is 30.3 Å². The van der Waals surface area contributed by atoms with Crippen LogP contribution in [0.2, 0.25) is 0 Å². The van der Waals surface area contributed by atoms with Crippen LogP contribution in [0.4, 0.5) is 0 Å². The highest BCUT2D eigenvalue weighted by Crippen LogP contribution is 2.43. The summed E-state index contributed by atoms with van der Waals surface area (Å²) in [6, 6.07) is -0.800. The number of aliphatic hydroxyl groups excluding tert-OH is 1. The van der Waals surface area contributed by atoms with Crippen LogP contribution in [0.25, 0.3) is 0 Å². The molecule has 0 aliphatic rings. The lowest BCUT2D eigenvalue weighted by molar-refractivity contribution is -0.870. The third kappa shape index (κ3) is 53.0. The number of phosphoric ester groups is 1. The number of hydrogen-bond donors (Lipinski definition) is 3. The first-order valence-electron chi connectivity index (χ1n) is 28.3. The summed E-state index contributed by atoms with van der Waals surface area (Å²) in [6.45, 7) is 4.73. The molecule has 3 atom stereocenters. The van der Waals surface area contributed by atoms with Gasteiger partial charge in [0.2, 0.25) is 5.91 Å². The molecule has 0 rings (SSSR count). The predicted molar refractivity (Wildman–Crippen MR) is 304 cm³/mol. The van der Waals surface area contributed by atoms with Gasteiger partial charge in [0.15, 0.2) is 0 Å². The molecular formula is C61H108N2O6P+. The van der Waals surface area contributed by atoms with Gasteiger partial charge in [-0.2, -0.15) is 0 Å². The second-order valence-electron chi connectivity index (χ2n) is 19.9. The zero-order valence-corrected chi connectivity index (χ0v) is 46.6. The van der Waals surface area contributed by atoms with E-state index >= 15 is 0 Å². The molecule has 0 aromatic carbocycles. The molecule has 0 aliphatic heterocycles. The van der Waals surface area contributed by atoms with Gasteiger partial charge >= 0.3 is 7.82 Å². The third-order valence-corrected chi connectivity index (χ3v) is 13.0. The zero-order valence-electron chi connectivity index (χ0n) is 45.7. The molecule has 0 aromatic rings. The van der Waals surface area contributed by atoms with Gasteiger partial charge < -0.3 is 19.8 Å². The largest absolute Gasteiger partial charge is 0.472 e. The van der Waals surface area contributed by atoms with Crippen LogP contribution in [0, 0.1) is 0 Å². The summed E-state index contributed by atoms with van der Waals surface area (Å²) >= 11 is 0. The minimum atomic E-state index is -4.35. The Bertz CT molecular complexity index is 1500. The number of carbonyl (C=O) groups excluding carboxylic acids is 1. The number of carbonyl (C=O) groups is 1. The van der Waals surface area contributed by atoms with E-state index in [1.165, 1.54) is 103 Å². The fraction of sp³-hybridized carbons (Fsp3) is 0.689.